The molecule has 1 N–H and O–H groups in total. The minimum atomic E-state index is 0.585. The maximum absolute atomic E-state index is 9.09. The number of pyridine rings is 1. The van der Waals surface area contributed by atoms with Crippen LogP contribution in [0.15, 0.2) is 47.8 Å². The molecule has 3 rings (SSSR count). The minimum Gasteiger partial charge on any atom is -0.493 e. The number of nitrogens with zero attached hydrogens (tertiary/aromatic N) is 2. The Balaban J connectivity index is 1.67. The maximum Gasteiger partial charge on any atom is 0.119 e. The molecule has 0 radical (unpaired) electrons. The fourth-order valence-electron chi connectivity index (χ4n) is 2.64. The highest BCUT2D eigenvalue weighted by atomic mass is 16.5. The first-order chi connectivity index (χ1) is 10.4. The molecule has 1 aromatic heterocycles. The van der Waals surface area contributed by atoms with Gasteiger partial charge < -0.3 is 9.94 Å². The largest absolute Gasteiger partial charge is 0.493 e. The van der Waals surface area contributed by atoms with Crippen molar-refractivity contribution in [2.75, 3.05) is 6.61 Å². The minimum absolute atomic E-state index is 0.585. The average Bonchev–Trinajstić information content (AvgIpc) is 2.55. The second-order valence-corrected chi connectivity index (χ2v) is 5.14. The lowest BCUT2D eigenvalue weighted by Gasteiger charge is -2.17. The van der Waals surface area contributed by atoms with Gasteiger partial charge in [0.1, 0.15) is 5.75 Å². The number of fused-ring (bicyclic) bond motifs is 1. The van der Waals surface area contributed by atoms with Crippen molar-refractivity contribution in [3.05, 3.63) is 59.4 Å². The number of rotatable bonds is 4. The molecule has 0 aliphatic heterocycles. The monoisotopic (exact) mass is 282 g/mol. The molecule has 0 atom stereocenters. The Morgan fingerprint density at radius 1 is 1.19 bits per heavy atom. The van der Waals surface area contributed by atoms with Gasteiger partial charge >= 0.3 is 0 Å². The van der Waals surface area contributed by atoms with Gasteiger partial charge in [0.25, 0.3) is 0 Å². The molecule has 0 saturated heterocycles. The van der Waals surface area contributed by atoms with Gasteiger partial charge in [-0.2, -0.15) is 0 Å². The molecular formula is C17H18N2O2. The Morgan fingerprint density at radius 2 is 2.14 bits per heavy atom. The molecule has 4 heteroatoms. The fourth-order valence-corrected chi connectivity index (χ4v) is 2.64. The van der Waals surface area contributed by atoms with Crippen molar-refractivity contribution in [3.8, 4) is 5.75 Å². The fraction of sp³-hybridized carbons (Fsp3) is 0.294. The third-order valence-corrected chi connectivity index (χ3v) is 3.73. The molecule has 0 bridgehead atoms. The van der Waals surface area contributed by atoms with Crippen molar-refractivity contribution in [3.63, 3.8) is 0 Å². The summed E-state index contributed by atoms with van der Waals surface area (Å²) in [7, 11) is 0. The zero-order valence-corrected chi connectivity index (χ0v) is 11.8. The smallest absolute Gasteiger partial charge is 0.119 e. The Kier molecular flexibility index (Phi) is 4.15. The van der Waals surface area contributed by atoms with Crippen LogP contribution in [-0.2, 0) is 12.8 Å². The quantitative estimate of drug-likeness (QED) is 0.692. The molecule has 4 nitrogen and oxygen atoms in total. The van der Waals surface area contributed by atoms with E-state index in [9.17, 15) is 0 Å². The second-order valence-electron chi connectivity index (χ2n) is 5.14. The number of hydrogen-bond donors (Lipinski definition) is 1. The second kappa shape index (κ2) is 6.39. The van der Waals surface area contributed by atoms with Crippen LogP contribution in [0.3, 0.4) is 0 Å². The third-order valence-electron chi connectivity index (χ3n) is 3.73. The van der Waals surface area contributed by atoms with Gasteiger partial charge in [0, 0.05) is 23.9 Å². The van der Waals surface area contributed by atoms with E-state index >= 15 is 0 Å². The van der Waals surface area contributed by atoms with Crippen LogP contribution in [0, 0.1) is 0 Å². The van der Waals surface area contributed by atoms with Crippen LogP contribution in [0.25, 0.3) is 0 Å². The molecule has 108 valence electrons. The van der Waals surface area contributed by atoms with Gasteiger partial charge in [-0.15, -0.1) is 0 Å². The van der Waals surface area contributed by atoms with Gasteiger partial charge in [-0.3, -0.25) is 4.98 Å². The van der Waals surface area contributed by atoms with E-state index in [2.05, 4.69) is 16.2 Å². The van der Waals surface area contributed by atoms with Crippen molar-refractivity contribution < 1.29 is 9.94 Å². The predicted molar refractivity (Wildman–Crippen MR) is 81.1 cm³/mol. The average molecular weight is 282 g/mol. The predicted octanol–water partition coefficient (Wildman–Crippen LogP) is 3.22. The summed E-state index contributed by atoms with van der Waals surface area (Å²) >= 11 is 0. The van der Waals surface area contributed by atoms with E-state index in [-0.39, 0.29) is 0 Å². The third kappa shape index (κ3) is 3.21. The number of oxime groups is 1. The molecular weight excluding hydrogens is 264 g/mol. The summed E-state index contributed by atoms with van der Waals surface area (Å²) in [6, 6.07) is 11.9. The Morgan fingerprint density at radius 3 is 2.95 bits per heavy atom. The Bertz CT molecular complexity index is 638. The lowest BCUT2D eigenvalue weighted by Crippen LogP contribution is -2.12. The summed E-state index contributed by atoms with van der Waals surface area (Å²) in [6.45, 7) is 0.585. The highest BCUT2D eigenvalue weighted by molar-refractivity contribution is 6.02. The molecule has 1 aliphatic carbocycles. The van der Waals surface area contributed by atoms with Crippen molar-refractivity contribution in [2.24, 2.45) is 5.16 Å². The van der Waals surface area contributed by atoms with Crippen LogP contribution < -0.4 is 4.74 Å². The molecule has 0 unspecified atom stereocenters. The van der Waals surface area contributed by atoms with Gasteiger partial charge in [0.05, 0.1) is 12.3 Å². The maximum atomic E-state index is 9.09. The lowest BCUT2D eigenvalue weighted by atomic mass is 9.90. The van der Waals surface area contributed by atoms with Crippen LogP contribution in [0.5, 0.6) is 5.75 Å². The van der Waals surface area contributed by atoms with Gasteiger partial charge in [-0.25, -0.2) is 0 Å². The van der Waals surface area contributed by atoms with E-state index in [0.717, 1.165) is 48.4 Å². The first-order valence-corrected chi connectivity index (χ1v) is 7.24. The summed E-state index contributed by atoms with van der Waals surface area (Å²) in [4.78, 5) is 4.27. The van der Waals surface area contributed by atoms with Crippen molar-refractivity contribution in [1.29, 1.82) is 0 Å². The molecule has 1 aromatic carbocycles. The lowest BCUT2D eigenvalue weighted by molar-refractivity contribution is 0.316. The van der Waals surface area contributed by atoms with E-state index in [1.165, 1.54) is 5.56 Å². The first kappa shape index (κ1) is 13.6. The van der Waals surface area contributed by atoms with Crippen molar-refractivity contribution in [1.82, 2.24) is 4.98 Å². The highest BCUT2D eigenvalue weighted by Gasteiger charge is 2.16. The number of ether oxygens (including phenoxy) is 1. The normalized spacial score (nSPS) is 15.7. The Labute approximate surface area is 124 Å². The molecule has 0 saturated carbocycles. The van der Waals surface area contributed by atoms with Crippen LogP contribution in [0.1, 0.15) is 29.7 Å². The van der Waals surface area contributed by atoms with E-state index in [1.54, 1.807) is 6.20 Å². The molecule has 0 amide bonds. The van der Waals surface area contributed by atoms with Gasteiger partial charge in [0.15, 0.2) is 0 Å². The summed E-state index contributed by atoms with van der Waals surface area (Å²) in [6.07, 6.45) is 5.45. The summed E-state index contributed by atoms with van der Waals surface area (Å²) < 4.78 is 5.79. The number of aromatic nitrogens is 1. The summed E-state index contributed by atoms with van der Waals surface area (Å²) in [5.74, 6) is 0.813. The van der Waals surface area contributed by atoms with Crippen LogP contribution in [-0.4, -0.2) is 22.5 Å². The van der Waals surface area contributed by atoms with E-state index in [4.69, 9.17) is 9.94 Å². The first-order valence-electron chi connectivity index (χ1n) is 7.24. The van der Waals surface area contributed by atoms with Crippen LogP contribution in [0.2, 0.25) is 0 Å². The summed E-state index contributed by atoms with van der Waals surface area (Å²) in [5.41, 5.74) is 4.02. The number of benzene rings is 1. The van der Waals surface area contributed by atoms with Gasteiger partial charge in [-0.05, 0) is 49.1 Å². The van der Waals surface area contributed by atoms with Gasteiger partial charge in [-0.1, -0.05) is 17.3 Å². The molecule has 1 aliphatic rings. The molecule has 0 spiro atoms. The van der Waals surface area contributed by atoms with Gasteiger partial charge in [0.2, 0.25) is 0 Å². The molecule has 21 heavy (non-hydrogen) atoms. The molecule has 2 aromatic rings. The van der Waals surface area contributed by atoms with Crippen molar-refractivity contribution in [2.45, 2.75) is 25.7 Å². The number of aryl methyl sites for hydroxylation is 1. The van der Waals surface area contributed by atoms with Crippen LogP contribution in [0.4, 0.5) is 0 Å². The SMILES string of the molecule is O/N=C1/CCCc2ccc(OCCc3ccccn3)cc21. The highest BCUT2D eigenvalue weighted by Crippen LogP contribution is 2.26. The summed E-state index contributed by atoms with van der Waals surface area (Å²) in [5, 5.41) is 12.5. The van der Waals surface area contributed by atoms with E-state index < -0.39 is 0 Å². The molecule has 1 heterocycles. The van der Waals surface area contributed by atoms with Crippen LogP contribution >= 0.6 is 0 Å². The molecule has 0 fully saturated rings. The zero-order chi connectivity index (χ0) is 14.5. The Hall–Kier alpha value is -2.36. The zero-order valence-electron chi connectivity index (χ0n) is 11.8. The standard InChI is InChI=1S/C17H18N2O2/c20-19-17-6-3-4-13-7-8-15(12-16(13)17)21-11-9-14-5-1-2-10-18-14/h1-2,5,7-8,10,12,20H,3-4,6,9,11H2/b19-17-. The van der Waals surface area contributed by atoms with Crippen molar-refractivity contribution >= 4 is 5.71 Å². The van der Waals surface area contributed by atoms with E-state index in [1.807, 2.05) is 30.3 Å². The number of hydrogen-bond acceptors (Lipinski definition) is 4. The van der Waals surface area contributed by atoms with E-state index in [0.29, 0.717) is 6.61 Å². The topological polar surface area (TPSA) is 54.7 Å².